The Morgan fingerprint density at radius 1 is 1.22 bits per heavy atom. The predicted molar refractivity (Wildman–Crippen MR) is 100 cm³/mol. The van der Waals surface area contributed by atoms with Gasteiger partial charge in [-0.05, 0) is 61.7 Å². The molecule has 0 spiro atoms. The van der Waals surface area contributed by atoms with Gasteiger partial charge in [-0.2, -0.15) is 5.10 Å². The molecule has 4 bridgehead atoms. The van der Waals surface area contributed by atoms with Gasteiger partial charge in [0.05, 0.1) is 10.8 Å². The van der Waals surface area contributed by atoms with Crippen molar-refractivity contribution in [2.45, 2.75) is 56.0 Å². The van der Waals surface area contributed by atoms with Crippen LogP contribution in [0.2, 0.25) is 0 Å². The van der Waals surface area contributed by atoms with E-state index in [9.17, 15) is 10.1 Å². The van der Waals surface area contributed by atoms with E-state index in [0.29, 0.717) is 11.3 Å². The zero-order chi connectivity index (χ0) is 18.6. The van der Waals surface area contributed by atoms with Crippen LogP contribution in [0.3, 0.4) is 0 Å². The van der Waals surface area contributed by atoms with Gasteiger partial charge in [0.25, 0.3) is 0 Å². The molecule has 0 aliphatic heterocycles. The fourth-order valence-electron chi connectivity index (χ4n) is 6.11. The van der Waals surface area contributed by atoms with Gasteiger partial charge in [-0.1, -0.05) is 11.8 Å². The van der Waals surface area contributed by atoms with Crippen molar-refractivity contribution < 1.29 is 4.92 Å². The highest BCUT2D eigenvalue weighted by atomic mass is 32.2. The second-order valence-corrected chi connectivity index (χ2v) is 9.73. The van der Waals surface area contributed by atoms with Crippen LogP contribution in [0, 0.1) is 33.3 Å². The Kier molecular flexibility index (Phi) is 4.03. The Morgan fingerprint density at radius 3 is 2.48 bits per heavy atom. The number of rotatable bonds is 6. The molecule has 4 fully saturated rings. The summed E-state index contributed by atoms with van der Waals surface area (Å²) in [6.07, 6.45) is 12.2. The monoisotopic (exact) mass is 388 g/mol. The maximum atomic E-state index is 10.8. The van der Waals surface area contributed by atoms with Crippen LogP contribution in [0.15, 0.2) is 17.6 Å². The molecular weight excluding hydrogens is 364 g/mol. The van der Waals surface area contributed by atoms with E-state index in [-0.39, 0.29) is 5.69 Å². The van der Waals surface area contributed by atoms with Crippen molar-refractivity contribution in [3.8, 4) is 0 Å². The number of nitro groups is 1. The van der Waals surface area contributed by atoms with Crippen molar-refractivity contribution in [1.29, 1.82) is 0 Å². The lowest BCUT2D eigenvalue weighted by Crippen LogP contribution is -2.47. The van der Waals surface area contributed by atoms with E-state index in [1.807, 2.05) is 7.05 Å². The SMILES string of the molecule is Cn1c(CC23CC4CC(CC(C4)C2)C3)nnc1SCn1cc([N+](=O)[O-])cn1. The molecule has 27 heavy (non-hydrogen) atoms. The van der Waals surface area contributed by atoms with Gasteiger partial charge in [0.1, 0.15) is 18.2 Å². The van der Waals surface area contributed by atoms with Crippen LogP contribution in [0.5, 0.6) is 0 Å². The molecule has 4 saturated carbocycles. The second-order valence-electron chi connectivity index (χ2n) is 8.82. The Morgan fingerprint density at radius 2 is 1.89 bits per heavy atom. The van der Waals surface area contributed by atoms with Gasteiger partial charge < -0.3 is 4.57 Å². The molecule has 2 heterocycles. The Balaban J connectivity index is 1.27. The van der Waals surface area contributed by atoms with Crippen LogP contribution in [0.25, 0.3) is 0 Å². The highest BCUT2D eigenvalue weighted by Crippen LogP contribution is 2.60. The largest absolute Gasteiger partial charge is 0.309 e. The van der Waals surface area contributed by atoms with Crippen LogP contribution < -0.4 is 0 Å². The summed E-state index contributed by atoms with van der Waals surface area (Å²) >= 11 is 1.51. The zero-order valence-electron chi connectivity index (χ0n) is 15.5. The van der Waals surface area contributed by atoms with Gasteiger partial charge in [-0.3, -0.25) is 14.8 Å². The minimum atomic E-state index is -0.430. The average Bonchev–Trinajstić information content (AvgIpc) is 3.20. The molecule has 6 rings (SSSR count). The van der Waals surface area contributed by atoms with Crippen molar-refractivity contribution in [1.82, 2.24) is 24.5 Å². The van der Waals surface area contributed by atoms with Crippen LogP contribution in [0.4, 0.5) is 5.69 Å². The molecule has 0 N–H and O–H groups in total. The van der Waals surface area contributed by atoms with E-state index in [4.69, 9.17) is 0 Å². The molecule has 4 aliphatic carbocycles. The minimum Gasteiger partial charge on any atom is -0.309 e. The number of aromatic nitrogens is 5. The first-order chi connectivity index (χ1) is 13.0. The summed E-state index contributed by atoms with van der Waals surface area (Å²) in [5.74, 6) is 4.37. The minimum absolute atomic E-state index is 0.0103. The van der Waals surface area contributed by atoms with Crippen LogP contribution in [-0.4, -0.2) is 29.5 Å². The fourth-order valence-corrected chi connectivity index (χ4v) is 6.89. The van der Waals surface area contributed by atoms with Gasteiger partial charge >= 0.3 is 5.69 Å². The molecule has 0 unspecified atom stereocenters. The lowest BCUT2D eigenvalue weighted by molar-refractivity contribution is -0.385. The smallest absolute Gasteiger partial charge is 0.307 e. The molecule has 144 valence electrons. The molecular formula is C18H24N6O2S. The molecule has 2 aromatic rings. The molecule has 0 radical (unpaired) electrons. The second kappa shape index (κ2) is 6.32. The lowest BCUT2D eigenvalue weighted by atomic mass is 9.49. The number of nitrogens with zero attached hydrogens (tertiary/aromatic N) is 6. The third kappa shape index (κ3) is 3.15. The first-order valence-electron chi connectivity index (χ1n) is 9.68. The van der Waals surface area contributed by atoms with Crippen LogP contribution in [-0.2, 0) is 19.3 Å². The van der Waals surface area contributed by atoms with E-state index in [1.165, 1.54) is 62.7 Å². The van der Waals surface area contributed by atoms with Crippen LogP contribution in [0.1, 0.15) is 44.3 Å². The summed E-state index contributed by atoms with van der Waals surface area (Å²) in [7, 11) is 2.03. The zero-order valence-corrected chi connectivity index (χ0v) is 16.3. The molecule has 0 amide bonds. The van der Waals surface area contributed by atoms with E-state index < -0.39 is 4.92 Å². The molecule has 0 saturated heterocycles. The third-order valence-corrected chi connectivity index (χ3v) is 7.79. The summed E-state index contributed by atoms with van der Waals surface area (Å²) in [5.41, 5.74) is 0.455. The fraction of sp³-hybridized carbons (Fsp3) is 0.722. The summed E-state index contributed by atoms with van der Waals surface area (Å²) in [4.78, 5) is 10.3. The summed E-state index contributed by atoms with van der Waals surface area (Å²) in [6.45, 7) is 0. The first-order valence-corrected chi connectivity index (χ1v) is 10.7. The molecule has 4 aliphatic rings. The van der Waals surface area contributed by atoms with E-state index >= 15 is 0 Å². The van der Waals surface area contributed by atoms with Crippen molar-refractivity contribution in [2.75, 3.05) is 0 Å². The predicted octanol–water partition coefficient (Wildman–Crippen LogP) is 3.43. The number of thioether (sulfide) groups is 1. The van der Waals surface area contributed by atoms with Crippen molar-refractivity contribution in [2.24, 2.45) is 30.2 Å². The third-order valence-electron chi connectivity index (χ3n) is 6.78. The highest BCUT2D eigenvalue weighted by Gasteiger charge is 2.51. The van der Waals surface area contributed by atoms with E-state index in [1.54, 1.807) is 4.68 Å². The maximum Gasteiger partial charge on any atom is 0.307 e. The lowest BCUT2D eigenvalue weighted by Gasteiger charge is -2.56. The Bertz CT molecular complexity index is 840. The standard InChI is InChI=1S/C18H24N6O2S/c1-22-16(8-18-5-12-2-13(6-18)4-14(3-12)7-18)20-21-17(22)27-11-23-10-15(9-19-23)24(25)26/h9-10,12-14H,2-8,11H2,1H3. The van der Waals surface area contributed by atoms with Gasteiger partial charge in [0, 0.05) is 13.5 Å². The van der Waals surface area contributed by atoms with E-state index in [2.05, 4.69) is 19.9 Å². The van der Waals surface area contributed by atoms with Gasteiger partial charge in [-0.25, -0.2) is 0 Å². The Hall–Kier alpha value is -1.90. The normalized spacial score (nSPS) is 31.5. The first kappa shape index (κ1) is 17.2. The molecule has 0 atom stereocenters. The quantitative estimate of drug-likeness (QED) is 0.428. The molecule has 0 aromatic carbocycles. The highest BCUT2D eigenvalue weighted by molar-refractivity contribution is 7.98. The summed E-state index contributed by atoms with van der Waals surface area (Å²) < 4.78 is 3.66. The van der Waals surface area contributed by atoms with Gasteiger partial charge in [0.15, 0.2) is 5.16 Å². The van der Waals surface area contributed by atoms with Crippen molar-refractivity contribution in [3.63, 3.8) is 0 Å². The summed E-state index contributed by atoms with van der Waals surface area (Å²) in [6, 6.07) is 0. The van der Waals surface area contributed by atoms with Crippen molar-refractivity contribution >= 4 is 17.4 Å². The summed E-state index contributed by atoms with van der Waals surface area (Å²) in [5, 5.41) is 24.5. The van der Waals surface area contributed by atoms with Gasteiger partial charge in [-0.15, -0.1) is 10.2 Å². The van der Waals surface area contributed by atoms with Gasteiger partial charge in [0.2, 0.25) is 0 Å². The Labute approximate surface area is 161 Å². The maximum absolute atomic E-state index is 10.8. The number of hydrogen-bond donors (Lipinski definition) is 0. The van der Waals surface area contributed by atoms with E-state index in [0.717, 1.165) is 35.2 Å². The van der Waals surface area contributed by atoms with Crippen molar-refractivity contribution in [3.05, 3.63) is 28.3 Å². The average molecular weight is 388 g/mol. The topological polar surface area (TPSA) is 91.7 Å². The molecule has 2 aromatic heterocycles. The number of hydrogen-bond acceptors (Lipinski definition) is 6. The molecule has 8 nitrogen and oxygen atoms in total. The molecule has 9 heteroatoms. The van der Waals surface area contributed by atoms with Crippen LogP contribution >= 0.6 is 11.8 Å².